The first-order valence-corrected chi connectivity index (χ1v) is 5.06. The molecule has 2 rings (SSSR count). The Labute approximate surface area is 103 Å². The van der Waals surface area contributed by atoms with E-state index in [1.165, 1.54) is 38.0 Å². The van der Waals surface area contributed by atoms with Gasteiger partial charge in [0.2, 0.25) is 0 Å². The van der Waals surface area contributed by atoms with Gasteiger partial charge in [-0.2, -0.15) is 0 Å². The summed E-state index contributed by atoms with van der Waals surface area (Å²) < 4.78 is 2.08. The highest BCUT2D eigenvalue weighted by molar-refractivity contribution is 5.43. The van der Waals surface area contributed by atoms with Crippen molar-refractivity contribution in [2.75, 3.05) is 18.0 Å². The molecule has 0 aromatic carbocycles. The van der Waals surface area contributed by atoms with Crippen molar-refractivity contribution in [2.24, 2.45) is 7.05 Å². The average molecular weight is 304 g/mol. The number of aryl methyl sites for hydroxylation is 1. The minimum atomic E-state index is 0. The molecule has 3 heteroatoms. The molecule has 1 aromatic heterocycles. The monoisotopic (exact) mass is 304 g/mol. The molecule has 1 saturated heterocycles. The molecule has 14 heavy (non-hydrogen) atoms. The minimum absolute atomic E-state index is 0. The van der Waals surface area contributed by atoms with Crippen LogP contribution in [0.1, 0.15) is 19.3 Å². The molecule has 0 saturated carbocycles. The van der Waals surface area contributed by atoms with Crippen LogP contribution in [0.25, 0.3) is 0 Å². The van der Waals surface area contributed by atoms with Crippen LogP contribution < -0.4 is 33.4 Å². The summed E-state index contributed by atoms with van der Waals surface area (Å²) in [6, 6.07) is 4.40. The van der Waals surface area contributed by atoms with Crippen LogP contribution >= 0.6 is 0 Å². The lowest BCUT2D eigenvalue weighted by atomic mass is 10.1. The molecule has 1 aromatic rings. The Morgan fingerprint density at radius 2 is 1.64 bits per heavy atom. The van der Waals surface area contributed by atoms with E-state index >= 15 is 0 Å². The van der Waals surface area contributed by atoms with Crippen molar-refractivity contribution in [3.8, 4) is 0 Å². The first-order chi connectivity index (χ1) is 6.36. The van der Waals surface area contributed by atoms with E-state index in [-0.39, 0.29) is 24.0 Å². The zero-order valence-electron chi connectivity index (χ0n) is 8.62. The summed E-state index contributed by atoms with van der Waals surface area (Å²) in [4.78, 5) is 2.48. The van der Waals surface area contributed by atoms with Gasteiger partial charge in [0.05, 0.1) is 0 Å². The van der Waals surface area contributed by atoms with Crippen molar-refractivity contribution in [1.82, 2.24) is 0 Å². The molecule has 0 spiro atoms. The van der Waals surface area contributed by atoms with Crippen molar-refractivity contribution in [2.45, 2.75) is 19.3 Å². The quantitative estimate of drug-likeness (QED) is 0.453. The number of piperidine rings is 1. The molecule has 0 atom stereocenters. The number of aromatic nitrogens is 1. The van der Waals surface area contributed by atoms with Crippen LogP contribution in [0.5, 0.6) is 0 Å². The highest BCUT2D eigenvalue weighted by Gasteiger charge is 2.10. The van der Waals surface area contributed by atoms with Crippen LogP contribution in [-0.2, 0) is 7.05 Å². The number of pyridine rings is 1. The minimum Gasteiger partial charge on any atom is -1.00 e. The second kappa shape index (κ2) is 5.53. The fraction of sp³-hybridized carbons (Fsp3) is 0.545. The molecule has 0 unspecified atom stereocenters. The van der Waals surface area contributed by atoms with E-state index < -0.39 is 0 Å². The smallest absolute Gasteiger partial charge is 0.170 e. The molecule has 2 heterocycles. The number of anilines is 1. The first-order valence-electron chi connectivity index (χ1n) is 5.06. The SMILES string of the molecule is C[n+]1ccc(N2CCCCC2)cc1.[I-]. The van der Waals surface area contributed by atoms with E-state index in [1.54, 1.807) is 0 Å². The van der Waals surface area contributed by atoms with Crippen molar-refractivity contribution < 1.29 is 28.5 Å². The van der Waals surface area contributed by atoms with Crippen molar-refractivity contribution in [1.29, 1.82) is 0 Å². The molecule has 0 bridgehead atoms. The van der Waals surface area contributed by atoms with Gasteiger partial charge in [-0.15, -0.1) is 0 Å². The number of nitrogens with zero attached hydrogens (tertiary/aromatic N) is 2. The second-order valence-electron chi connectivity index (χ2n) is 3.77. The number of hydrogen-bond donors (Lipinski definition) is 0. The Hall–Kier alpha value is -0.320. The molecule has 0 N–H and O–H groups in total. The maximum Gasteiger partial charge on any atom is 0.170 e. The van der Waals surface area contributed by atoms with Gasteiger partial charge < -0.3 is 28.9 Å². The summed E-state index contributed by atoms with van der Waals surface area (Å²) in [5.74, 6) is 0. The summed E-state index contributed by atoms with van der Waals surface area (Å²) in [6.07, 6.45) is 8.33. The predicted molar refractivity (Wildman–Crippen MR) is 53.7 cm³/mol. The highest BCUT2D eigenvalue weighted by Crippen LogP contribution is 2.17. The van der Waals surface area contributed by atoms with E-state index in [2.05, 4.69) is 41.0 Å². The highest BCUT2D eigenvalue weighted by atomic mass is 127. The van der Waals surface area contributed by atoms with Crippen LogP contribution in [0.2, 0.25) is 0 Å². The number of rotatable bonds is 1. The first kappa shape index (κ1) is 11.8. The van der Waals surface area contributed by atoms with Crippen molar-refractivity contribution in [3.05, 3.63) is 24.5 Å². The predicted octanol–water partition coefficient (Wildman–Crippen LogP) is -1.49. The zero-order valence-corrected chi connectivity index (χ0v) is 10.8. The standard InChI is InChI=1S/C11H17N2.HI/c1-12-9-5-11(6-10-12)13-7-3-2-4-8-13;/h5-6,9-10H,2-4,7-8H2,1H3;1H/q+1;/p-1. The molecule has 1 fully saturated rings. The van der Waals surface area contributed by atoms with Crippen LogP contribution in [0.15, 0.2) is 24.5 Å². The van der Waals surface area contributed by atoms with Gasteiger partial charge in [-0.05, 0) is 19.3 Å². The third kappa shape index (κ3) is 2.83. The zero-order chi connectivity index (χ0) is 9.10. The maximum atomic E-state index is 2.48. The molecular weight excluding hydrogens is 287 g/mol. The van der Waals surface area contributed by atoms with Crippen molar-refractivity contribution in [3.63, 3.8) is 0 Å². The Kier molecular flexibility index (Phi) is 4.65. The molecular formula is C11H17IN2. The molecule has 0 aliphatic carbocycles. The van der Waals surface area contributed by atoms with Gasteiger partial charge in [0, 0.05) is 30.9 Å². The lowest BCUT2D eigenvalue weighted by Crippen LogP contribution is -3.00. The van der Waals surface area contributed by atoms with Gasteiger partial charge >= 0.3 is 0 Å². The summed E-state index contributed by atoms with van der Waals surface area (Å²) >= 11 is 0. The Morgan fingerprint density at radius 3 is 2.21 bits per heavy atom. The largest absolute Gasteiger partial charge is 1.00 e. The summed E-state index contributed by atoms with van der Waals surface area (Å²) in [5, 5.41) is 0. The lowest BCUT2D eigenvalue weighted by molar-refractivity contribution is -0.671. The third-order valence-corrected chi connectivity index (χ3v) is 2.68. The topological polar surface area (TPSA) is 7.12 Å². The third-order valence-electron chi connectivity index (χ3n) is 2.68. The van der Waals surface area contributed by atoms with Gasteiger partial charge in [-0.3, -0.25) is 0 Å². The lowest BCUT2D eigenvalue weighted by Gasteiger charge is -2.28. The van der Waals surface area contributed by atoms with E-state index in [0.29, 0.717) is 0 Å². The molecule has 78 valence electrons. The van der Waals surface area contributed by atoms with Crippen LogP contribution in [0.4, 0.5) is 5.69 Å². The van der Waals surface area contributed by atoms with Crippen molar-refractivity contribution >= 4 is 5.69 Å². The normalized spacial score (nSPS) is 16.2. The maximum absolute atomic E-state index is 2.48. The fourth-order valence-electron chi connectivity index (χ4n) is 1.86. The molecule has 0 amide bonds. The summed E-state index contributed by atoms with van der Waals surface area (Å²) in [7, 11) is 2.06. The van der Waals surface area contributed by atoms with Gasteiger partial charge in [0.25, 0.3) is 0 Å². The second-order valence-corrected chi connectivity index (χ2v) is 3.77. The van der Waals surface area contributed by atoms with Gasteiger partial charge in [-0.25, -0.2) is 4.57 Å². The van der Waals surface area contributed by atoms with Crippen LogP contribution in [0.3, 0.4) is 0 Å². The average Bonchev–Trinajstić information content (AvgIpc) is 2.20. The number of halogens is 1. The van der Waals surface area contributed by atoms with Gasteiger partial charge in [0.15, 0.2) is 12.4 Å². The Morgan fingerprint density at radius 1 is 1.07 bits per heavy atom. The molecule has 0 radical (unpaired) electrons. The van der Waals surface area contributed by atoms with E-state index in [4.69, 9.17) is 0 Å². The van der Waals surface area contributed by atoms with Crippen LogP contribution in [0, 0.1) is 0 Å². The van der Waals surface area contributed by atoms with Crippen LogP contribution in [-0.4, -0.2) is 13.1 Å². The Bertz CT molecular complexity index is 265. The number of hydrogen-bond acceptors (Lipinski definition) is 1. The summed E-state index contributed by atoms with van der Waals surface area (Å²) in [6.45, 7) is 2.46. The van der Waals surface area contributed by atoms with E-state index in [0.717, 1.165) is 0 Å². The molecule has 1 aliphatic rings. The Balaban J connectivity index is 0.000000980. The van der Waals surface area contributed by atoms with E-state index in [1.807, 2.05) is 0 Å². The summed E-state index contributed by atoms with van der Waals surface area (Å²) in [5.41, 5.74) is 1.37. The van der Waals surface area contributed by atoms with E-state index in [9.17, 15) is 0 Å². The van der Waals surface area contributed by atoms with Gasteiger partial charge in [-0.1, -0.05) is 0 Å². The molecule has 1 aliphatic heterocycles. The molecule has 2 nitrogen and oxygen atoms in total. The van der Waals surface area contributed by atoms with Gasteiger partial charge in [0.1, 0.15) is 7.05 Å². The fourth-order valence-corrected chi connectivity index (χ4v) is 1.86.